The van der Waals surface area contributed by atoms with Crippen LogP contribution in [0.4, 0.5) is 0 Å². The van der Waals surface area contributed by atoms with Crippen LogP contribution in [0.3, 0.4) is 0 Å². The topological polar surface area (TPSA) is 237 Å². The molecule has 0 aromatic carbocycles. The van der Waals surface area contributed by atoms with Crippen molar-refractivity contribution in [2.75, 3.05) is 39.6 Å². The second-order valence-electron chi connectivity index (χ2n) is 22.4. The van der Waals surface area contributed by atoms with Gasteiger partial charge in [-0.2, -0.15) is 0 Å². The van der Waals surface area contributed by atoms with Gasteiger partial charge in [-0.3, -0.25) is 37.3 Å². The van der Waals surface area contributed by atoms with Crippen LogP contribution in [-0.4, -0.2) is 96.7 Å². The monoisotopic (exact) mass is 1180 g/mol. The van der Waals surface area contributed by atoms with Gasteiger partial charge in [-0.15, -0.1) is 0 Å². The van der Waals surface area contributed by atoms with Gasteiger partial charge in [0.25, 0.3) is 0 Å². The number of carbonyl (C=O) groups is 4. The molecule has 80 heavy (non-hydrogen) atoms. The van der Waals surface area contributed by atoms with Gasteiger partial charge in [0.05, 0.1) is 26.4 Å². The first kappa shape index (κ1) is 77.5. The van der Waals surface area contributed by atoms with Crippen molar-refractivity contribution >= 4 is 39.5 Å². The Morgan fingerprint density at radius 2 is 0.675 bits per heavy atom. The molecule has 0 spiro atoms. The van der Waals surface area contributed by atoms with Crippen LogP contribution in [0, 0.1) is 11.8 Å². The lowest BCUT2D eigenvalue weighted by Gasteiger charge is -2.21. The Morgan fingerprint density at radius 3 is 1.02 bits per heavy atom. The normalized spacial score (nSPS) is 14.6. The zero-order chi connectivity index (χ0) is 59.4. The SMILES string of the molecule is CCCCCC/C=C\C=C/CCCCCCCC(=O)O[C@H](COC(=O)CCCCCCCCC(C)C)COP(=O)(O)OC[C@@H](O)COP(=O)(O)OC[C@@H](COC(=O)CCCCCCCCC)OC(=O)CCCCCCCCC(C)C. The van der Waals surface area contributed by atoms with Crippen molar-refractivity contribution in [1.29, 1.82) is 0 Å². The summed E-state index contributed by atoms with van der Waals surface area (Å²) < 4.78 is 67.6. The Kier molecular flexibility index (Phi) is 51.6. The van der Waals surface area contributed by atoms with Crippen LogP contribution in [0.5, 0.6) is 0 Å². The van der Waals surface area contributed by atoms with Gasteiger partial charge in [0, 0.05) is 25.7 Å². The Hall–Kier alpha value is -2.46. The molecule has 0 bridgehead atoms. The number of phosphoric ester groups is 2. The Bertz CT molecular complexity index is 1670. The van der Waals surface area contributed by atoms with Crippen LogP contribution in [0.1, 0.15) is 273 Å². The zero-order valence-electron chi connectivity index (χ0n) is 50.8. The molecule has 5 atom stereocenters. The highest BCUT2D eigenvalue weighted by molar-refractivity contribution is 7.47. The molecule has 0 heterocycles. The molecular formula is C61H114O17P2. The van der Waals surface area contributed by atoms with Crippen molar-refractivity contribution in [2.45, 2.75) is 291 Å². The molecule has 0 radical (unpaired) electrons. The van der Waals surface area contributed by atoms with E-state index in [0.717, 1.165) is 122 Å². The maximum atomic E-state index is 12.9. The summed E-state index contributed by atoms with van der Waals surface area (Å²) in [5, 5.41) is 10.5. The molecule has 470 valence electrons. The van der Waals surface area contributed by atoms with E-state index in [1.807, 2.05) is 0 Å². The van der Waals surface area contributed by atoms with Gasteiger partial charge in [0.2, 0.25) is 0 Å². The molecule has 0 amide bonds. The quantitative estimate of drug-likeness (QED) is 0.0169. The van der Waals surface area contributed by atoms with E-state index in [2.05, 4.69) is 65.8 Å². The molecule has 0 aromatic rings. The van der Waals surface area contributed by atoms with E-state index >= 15 is 0 Å². The summed E-state index contributed by atoms with van der Waals surface area (Å²) in [6.45, 7) is 9.18. The van der Waals surface area contributed by atoms with Gasteiger partial charge < -0.3 is 33.8 Å². The predicted octanol–water partition coefficient (Wildman–Crippen LogP) is 16.0. The number of aliphatic hydroxyl groups excluding tert-OH is 1. The van der Waals surface area contributed by atoms with E-state index in [1.54, 1.807) is 0 Å². The van der Waals surface area contributed by atoms with Gasteiger partial charge >= 0.3 is 39.5 Å². The number of phosphoric acid groups is 2. The molecule has 0 aromatic heterocycles. The Balaban J connectivity index is 5.24. The van der Waals surface area contributed by atoms with Crippen molar-refractivity contribution in [1.82, 2.24) is 0 Å². The number of allylic oxidation sites excluding steroid dienone is 4. The number of rotatable bonds is 58. The first-order valence-electron chi connectivity index (χ1n) is 31.3. The molecule has 0 aliphatic heterocycles. The van der Waals surface area contributed by atoms with Crippen LogP contribution >= 0.6 is 15.6 Å². The van der Waals surface area contributed by atoms with E-state index in [9.17, 15) is 43.2 Å². The van der Waals surface area contributed by atoms with Crippen LogP contribution in [0.25, 0.3) is 0 Å². The summed E-state index contributed by atoms with van der Waals surface area (Å²) in [6.07, 6.45) is 37.5. The molecule has 0 aliphatic rings. The van der Waals surface area contributed by atoms with Crippen LogP contribution in [0.2, 0.25) is 0 Å². The van der Waals surface area contributed by atoms with Gasteiger partial charge in [-0.1, -0.05) is 220 Å². The van der Waals surface area contributed by atoms with Gasteiger partial charge in [0.15, 0.2) is 12.2 Å². The highest BCUT2D eigenvalue weighted by Gasteiger charge is 2.30. The average molecular weight is 1180 g/mol. The van der Waals surface area contributed by atoms with Gasteiger partial charge in [-0.25, -0.2) is 9.13 Å². The molecule has 0 fully saturated rings. The van der Waals surface area contributed by atoms with Crippen LogP contribution in [0.15, 0.2) is 24.3 Å². The molecule has 0 saturated carbocycles. The number of hydrogen-bond acceptors (Lipinski definition) is 15. The third-order valence-corrected chi connectivity index (χ3v) is 15.2. The first-order chi connectivity index (χ1) is 38.4. The summed E-state index contributed by atoms with van der Waals surface area (Å²) in [6, 6.07) is 0. The molecule has 2 unspecified atom stereocenters. The zero-order valence-corrected chi connectivity index (χ0v) is 52.6. The third kappa shape index (κ3) is 54.8. The van der Waals surface area contributed by atoms with E-state index in [0.29, 0.717) is 37.5 Å². The lowest BCUT2D eigenvalue weighted by molar-refractivity contribution is -0.161. The highest BCUT2D eigenvalue weighted by atomic mass is 31.2. The number of esters is 4. The lowest BCUT2D eigenvalue weighted by atomic mass is 10.0. The molecule has 0 rings (SSSR count). The van der Waals surface area contributed by atoms with Crippen LogP contribution in [-0.2, 0) is 65.4 Å². The average Bonchev–Trinajstić information content (AvgIpc) is 3.41. The molecule has 3 N–H and O–H groups in total. The predicted molar refractivity (Wildman–Crippen MR) is 317 cm³/mol. The van der Waals surface area contributed by atoms with Gasteiger partial charge in [0.1, 0.15) is 19.3 Å². The molecule has 0 saturated heterocycles. The summed E-state index contributed by atoms with van der Waals surface area (Å²) in [5.74, 6) is -0.836. The van der Waals surface area contributed by atoms with Crippen molar-refractivity contribution < 1.29 is 80.2 Å². The van der Waals surface area contributed by atoms with E-state index in [-0.39, 0.29) is 25.7 Å². The maximum absolute atomic E-state index is 12.9. The standard InChI is InChI=1S/C61H114O17P2/c1-7-9-11-13-15-16-17-18-19-20-21-22-24-33-39-45-60(65)77-56(50-72-59(64)44-38-32-27-25-29-35-41-53(3)4)51-75-79(67,68)73-47-55(62)48-74-80(69,70)76-52-57(49-71-58(63)43-37-31-23-14-12-10-8-2)78-61(66)46-40-34-28-26-30-36-42-54(5)6/h16-19,53-57,62H,7-15,20-52H2,1-6H3,(H,67,68)(H,69,70)/b17-16-,19-18-/t55-,56-,57-/m1/s1. The fourth-order valence-corrected chi connectivity index (χ4v) is 10.0. The largest absolute Gasteiger partial charge is 0.472 e. The molecule has 0 aliphatic carbocycles. The summed E-state index contributed by atoms with van der Waals surface area (Å²) in [5.41, 5.74) is 0. The minimum Gasteiger partial charge on any atom is -0.462 e. The fourth-order valence-electron chi connectivity index (χ4n) is 8.46. The highest BCUT2D eigenvalue weighted by Crippen LogP contribution is 2.45. The second kappa shape index (κ2) is 53.3. The Morgan fingerprint density at radius 1 is 0.388 bits per heavy atom. The minimum absolute atomic E-state index is 0.0834. The maximum Gasteiger partial charge on any atom is 0.472 e. The van der Waals surface area contributed by atoms with Gasteiger partial charge in [-0.05, 0) is 63.2 Å². The van der Waals surface area contributed by atoms with E-state index in [4.69, 9.17) is 37.0 Å². The second-order valence-corrected chi connectivity index (χ2v) is 25.3. The third-order valence-electron chi connectivity index (χ3n) is 13.3. The Labute approximate surface area is 484 Å². The van der Waals surface area contributed by atoms with Crippen LogP contribution < -0.4 is 0 Å². The number of ether oxygens (including phenoxy) is 4. The number of unbranched alkanes of at least 4 members (excludes halogenated alkanes) is 25. The molecule has 17 nitrogen and oxygen atoms in total. The number of carbonyl (C=O) groups excluding carboxylic acids is 4. The van der Waals surface area contributed by atoms with Crippen molar-refractivity contribution in [3.8, 4) is 0 Å². The molecule has 19 heteroatoms. The molecular weight excluding hydrogens is 1070 g/mol. The van der Waals surface area contributed by atoms with Crippen molar-refractivity contribution in [3.05, 3.63) is 24.3 Å². The summed E-state index contributed by atoms with van der Waals surface area (Å²) in [4.78, 5) is 71.8. The smallest absolute Gasteiger partial charge is 0.462 e. The number of aliphatic hydroxyl groups is 1. The van der Waals surface area contributed by atoms with Crippen molar-refractivity contribution in [3.63, 3.8) is 0 Å². The van der Waals surface area contributed by atoms with E-state index in [1.165, 1.54) is 57.8 Å². The summed E-state index contributed by atoms with van der Waals surface area (Å²) >= 11 is 0. The lowest BCUT2D eigenvalue weighted by Crippen LogP contribution is -2.30. The summed E-state index contributed by atoms with van der Waals surface area (Å²) in [7, 11) is -9.89. The minimum atomic E-state index is -4.95. The first-order valence-corrected chi connectivity index (χ1v) is 34.3. The fraction of sp³-hybridized carbons (Fsp3) is 0.869. The number of hydrogen-bond donors (Lipinski definition) is 3. The van der Waals surface area contributed by atoms with Crippen molar-refractivity contribution in [2.24, 2.45) is 11.8 Å². The van der Waals surface area contributed by atoms with E-state index < -0.39 is 97.5 Å².